The number of aliphatic hydroxyl groups is 1. The fourth-order valence-corrected chi connectivity index (χ4v) is 2.67. The SMILES string of the molecule is CCC(O)(CC)CNCc1c(C)nn(-c2ccccc2)c1C. The van der Waals surface area contributed by atoms with Crippen molar-refractivity contribution in [3.63, 3.8) is 0 Å². The van der Waals surface area contributed by atoms with Crippen LogP contribution in [-0.2, 0) is 6.54 Å². The molecule has 0 fully saturated rings. The summed E-state index contributed by atoms with van der Waals surface area (Å²) in [6.45, 7) is 9.51. The van der Waals surface area contributed by atoms with Gasteiger partial charge in [0.25, 0.3) is 0 Å². The maximum atomic E-state index is 10.3. The lowest BCUT2D eigenvalue weighted by molar-refractivity contribution is 0.0323. The highest BCUT2D eigenvalue weighted by Gasteiger charge is 2.22. The summed E-state index contributed by atoms with van der Waals surface area (Å²) in [7, 11) is 0. The van der Waals surface area contributed by atoms with E-state index in [0.717, 1.165) is 36.5 Å². The number of aromatic nitrogens is 2. The zero-order valence-electron chi connectivity index (χ0n) is 14.1. The Balaban J connectivity index is 2.11. The first kappa shape index (κ1) is 16.7. The first-order valence-corrected chi connectivity index (χ1v) is 8.04. The van der Waals surface area contributed by atoms with Gasteiger partial charge >= 0.3 is 0 Å². The lowest BCUT2D eigenvalue weighted by Crippen LogP contribution is -2.39. The van der Waals surface area contributed by atoms with Gasteiger partial charge in [-0.15, -0.1) is 0 Å². The number of benzene rings is 1. The molecule has 2 N–H and O–H groups in total. The first-order valence-electron chi connectivity index (χ1n) is 8.04. The second-order valence-corrected chi connectivity index (χ2v) is 5.93. The number of aryl methyl sites for hydroxylation is 1. The lowest BCUT2D eigenvalue weighted by Gasteiger charge is -2.25. The van der Waals surface area contributed by atoms with Crippen LogP contribution in [0.1, 0.15) is 43.6 Å². The molecule has 4 nitrogen and oxygen atoms in total. The number of hydrogen-bond donors (Lipinski definition) is 2. The molecule has 1 aromatic heterocycles. The fraction of sp³-hybridized carbons (Fsp3) is 0.500. The van der Waals surface area contributed by atoms with Gasteiger partial charge < -0.3 is 10.4 Å². The topological polar surface area (TPSA) is 50.1 Å². The van der Waals surface area contributed by atoms with Crippen molar-refractivity contribution in [2.24, 2.45) is 0 Å². The molecule has 2 aromatic rings. The van der Waals surface area contributed by atoms with Crippen LogP contribution in [0.4, 0.5) is 0 Å². The van der Waals surface area contributed by atoms with Crippen LogP contribution in [0.3, 0.4) is 0 Å². The van der Waals surface area contributed by atoms with Crippen molar-refractivity contribution >= 4 is 0 Å². The maximum absolute atomic E-state index is 10.3. The summed E-state index contributed by atoms with van der Waals surface area (Å²) < 4.78 is 1.98. The Hall–Kier alpha value is -1.65. The van der Waals surface area contributed by atoms with Crippen molar-refractivity contribution in [3.05, 3.63) is 47.3 Å². The molecule has 2 rings (SSSR count). The zero-order chi connectivity index (χ0) is 16.2. The average molecular weight is 301 g/mol. The van der Waals surface area contributed by atoms with E-state index >= 15 is 0 Å². The second-order valence-electron chi connectivity index (χ2n) is 5.93. The minimum absolute atomic E-state index is 0.607. The molecule has 0 spiro atoms. The Bertz CT molecular complexity index is 600. The van der Waals surface area contributed by atoms with Crippen molar-refractivity contribution in [2.45, 2.75) is 52.7 Å². The molecule has 4 heteroatoms. The molecule has 120 valence electrons. The highest BCUT2D eigenvalue weighted by atomic mass is 16.3. The van der Waals surface area contributed by atoms with E-state index in [4.69, 9.17) is 0 Å². The highest BCUT2D eigenvalue weighted by molar-refractivity contribution is 5.36. The monoisotopic (exact) mass is 301 g/mol. The zero-order valence-corrected chi connectivity index (χ0v) is 14.1. The molecule has 0 amide bonds. The summed E-state index contributed by atoms with van der Waals surface area (Å²) in [5.74, 6) is 0. The van der Waals surface area contributed by atoms with Crippen molar-refractivity contribution in [1.82, 2.24) is 15.1 Å². The van der Waals surface area contributed by atoms with Crippen molar-refractivity contribution < 1.29 is 5.11 Å². The van der Waals surface area contributed by atoms with E-state index in [2.05, 4.69) is 29.5 Å². The van der Waals surface area contributed by atoms with Crippen LogP contribution >= 0.6 is 0 Å². The number of nitrogens with zero attached hydrogens (tertiary/aromatic N) is 2. The Kier molecular flexibility index (Phi) is 5.37. The van der Waals surface area contributed by atoms with Crippen molar-refractivity contribution in [2.75, 3.05) is 6.54 Å². The first-order chi connectivity index (χ1) is 10.5. The van der Waals surface area contributed by atoms with Crippen LogP contribution in [0.2, 0.25) is 0 Å². The van der Waals surface area contributed by atoms with Crippen LogP contribution in [0.5, 0.6) is 0 Å². The number of hydrogen-bond acceptors (Lipinski definition) is 3. The van der Waals surface area contributed by atoms with Crippen LogP contribution in [0.25, 0.3) is 5.69 Å². The van der Waals surface area contributed by atoms with E-state index in [1.54, 1.807) is 0 Å². The molecule has 0 saturated heterocycles. The number of para-hydroxylation sites is 1. The van der Waals surface area contributed by atoms with E-state index in [1.807, 2.05) is 43.7 Å². The van der Waals surface area contributed by atoms with Gasteiger partial charge in [-0.3, -0.25) is 0 Å². The largest absolute Gasteiger partial charge is 0.389 e. The quantitative estimate of drug-likeness (QED) is 0.826. The highest BCUT2D eigenvalue weighted by Crippen LogP contribution is 2.18. The summed E-state index contributed by atoms with van der Waals surface area (Å²) >= 11 is 0. The van der Waals surface area contributed by atoms with E-state index in [1.165, 1.54) is 5.56 Å². The Labute approximate surface area is 133 Å². The number of rotatable bonds is 7. The molecule has 22 heavy (non-hydrogen) atoms. The Morgan fingerprint density at radius 3 is 2.36 bits per heavy atom. The standard InChI is InChI=1S/C18H27N3O/c1-5-18(22,6-2)13-19-12-17-14(3)20-21(15(17)4)16-10-8-7-9-11-16/h7-11,19,22H,5-6,12-13H2,1-4H3. The summed E-state index contributed by atoms with van der Waals surface area (Å²) in [6.07, 6.45) is 1.52. The van der Waals surface area contributed by atoms with Crippen molar-refractivity contribution in [1.29, 1.82) is 0 Å². The third-order valence-corrected chi connectivity index (χ3v) is 4.51. The molecule has 1 aromatic carbocycles. The predicted octanol–water partition coefficient (Wildman–Crippen LogP) is 3.13. The normalized spacial score (nSPS) is 11.9. The van der Waals surface area contributed by atoms with Gasteiger partial charge in [-0.2, -0.15) is 5.10 Å². The van der Waals surface area contributed by atoms with E-state index < -0.39 is 5.60 Å². The molecule has 0 aliphatic heterocycles. The molecule has 0 bridgehead atoms. The fourth-order valence-electron chi connectivity index (χ4n) is 2.67. The second kappa shape index (κ2) is 7.07. The smallest absolute Gasteiger partial charge is 0.0766 e. The molecule has 0 saturated carbocycles. The van der Waals surface area contributed by atoms with Gasteiger partial charge in [-0.1, -0.05) is 32.0 Å². The molecular formula is C18H27N3O. The van der Waals surface area contributed by atoms with Crippen LogP contribution in [-0.4, -0.2) is 27.0 Å². The summed E-state index contributed by atoms with van der Waals surface area (Å²) in [5, 5.41) is 18.4. The molecule has 0 atom stereocenters. The average Bonchev–Trinajstić information content (AvgIpc) is 2.83. The summed E-state index contributed by atoms with van der Waals surface area (Å²) in [5.41, 5.74) is 3.85. The number of nitrogens with one attached hydrogen (secondary N) is 1. The molecule has 1 heterocycles. The molecule has 0 radical (unpaired) electrons. The maximum Gasteiger partial charge on any atom is 0.0766 e. The Morgan fingerprint density at radius 2 is 1.77 bits per heavy atom. The van der Waals surface area contributed by atoms with E-state index in [9.17, 15) is 5.11 Å². The van der Waals surface area contributed by atoms with Gasteiger partial charge in [0.05, 0.1) is 17.0 Å². The summed E-state index contributed by atoms with van der Waals surface area (Å²) in [6, 6.07) is 10.2. The van der Waals surface area contributed by atoms with Crippen LogP contribution in [0, 0.1) is 13.8 Å². The van der Waals surface area contributed by atoms with Crippen molar-refractivity contribution in [3.8, 4) is 5.69 Å². The third kappa shape index (κ3) is 3.57. The minimum atomic E-state index is -0.614. The Morgan fingerprint density at radius 1 is 1.14 bits per heavy atom. The molecular weight excluding hydrogens is 274 g/mol. The molecule has 0 aliphatic rings. The van der Waals surface area contributed by atoms with Gasteiger partial charge in [0.2, 0.25) is 0 Å². The van der Waals surface area contributed by atoms with E-state index in [0.29, 0.717) is 6.54 Å². The van der Waals surface area contributed by atoms with Gasteiger partial charge in [0.1, 0.15) is 0 Å². The third-order valence-electron chi connectivity index (χ3n) is 4.51. The van der Waals surface area contributed by atoms with Crippen LogP contribution in [0.15, 0.2) is 30.3 Å². The lowest BCUT2D eigenvalue weighted by atomic mass is 9.97. The van der Waals surface area contributed by atoms with Crippen LogP contribution < -0.4 is 5.32 Å². The van der Waals surface area contributed by atoms with Gasteiger partial charge in [0.15, 0.2) is 0 Å². The predicted molar refractivity (Wildman–Crippen MR) is 90.3 cm³/mol. The van der Waals surface area contributed by atoms with Gasteiger partial charge in [-0.05, 0) is 38.8 Å². The van der Waals surface area contributed by atoms with Gasteiger partial charge in [-0.25, -0.2) is 4.68 Å². The van der Waals surface area contributed by atoms with E-state index in [-0.39, 0.29) is 0 Å². The van der Waals surface area contributed by atoms with Gasteiger partial charge in [0, 0.05) is 24.3 Å². The summed E-state index contributed by atoms with van der Waals surface area (Å²) in [4.78, 5) is 0. The molecule has 0 unspecified atom stereocenters. The molecule has 0 aliphatic carbocycles. The minimum Gasteiger partial charge on any atom is -0.389 e.